The summed E-state index contributed by atoms with van der Waals surface area (Å²) in [6, 6.07) is 0. The normalized spacial score (nSPS) is 11.2. The van der Waals surface area contributed by atoms with Crippen LogP contribution in [0.1, 0.15) is 0 Å². The van der Waals surface area contributed by atoms with Gasteiger partial charge in [-0.3, -0.25) is 14.3 Å². The SMILES string of the molecule is COCCN(C)CCn1c(=O)[nH]c(Cl)c(F)c1=O. The van der Waals surface area contributed by atoms with Crippen LogP contribution in [0.15, 0.2) is 9.59 Å². The summed E-state index contributed by atoms with van der Waals surface area (Å²) in [5, 5.41) is -0.561. The van der Waals surface area contributed by atoms with Crippen LogP contribution in [-0.2, 0) is 11.3 Å². The molecule has 1 aromatic heterocycles. The van der Waals surface area contributed by atoms with Gasteiger partial charge in [0.05, 0.1) is 6.61 Å². The van der Waals surface area contributed by atoms with Crippen LogP contribution >= 0.6 is 11.6 Å². The highest BCUT2D eigenvalue weighted by molar-refractivity contribution is 6.29. The number of methoxy groups -OCH3 is 1. The van der Waals surface area contributed by atoms with E-state index in [1.165, 1.54) is 0 Å². The molecule has 1 N–H and O–H groups in total. The molecule has 0 spiro atoms. The molecule has 0 aromatic carbocycles. The first kappa shape index (κ1) is 14.9. The summed E-state index contributed by atoms with van der Waals surface area (Å²) in [6.07, 6.45) is 0. The lowest BCUT2D eigenvalue weighted by Crippen LogP contribution is -2.40. The maximum atomic E-state index is 13.2. The monoisotopic (exact) mass is 279 g/mol. The average molecular weight is 280 g/mol. The van der Waals surface area contributed by atoms with Crippen LogP contribution in [0, 0.1) is 5.82 Å². The number of hydrogen-bond acceptors (Lipinski definition) is 4. The van der Waals surface area contributed by atoms with E-state index in [4.69, 9.17) is 16.3 Å². The van der Waals surface area contributed by atoms with Gasteiger partial charge in [-0.15, -0.1) is 0 Å². The second-order valence-corrected chi connectivity index (χ2v) is 4.19. The summed E-state index contributed by atoms with van der Waals surface area (Å²) in [6.45, 7) is 1.70. The van der Waals surface area contributed by atoms with Crippen molar-refractivity contribution in [3.8, 4) is 0 Å². The predicted octanol–water partition coefficient (Wildman–Crippen LogP) is -0.0927. The molecule has 1 aromatic rings. The Labute approximate surface area is 108 Å². The minimum Gasteiger partial charge on any atom is -0.383 e. The van der Waals surface area contributed by atoms with E-state index >= 15 is 0 Å². The number of halogens is 2. The number of nitrogens with zero attached hydrogens (tertiary/aromatic N) is 2. The average Bonchev–Trinajstić information content (AvgIpc) is 2.33. The molecule has 0 aliphatic rings. The van der Waals surface area contributed by atoms with Gasteiger partial charge in [0.15, 0.2) is 5.15 Å². The van der Waals surface area contributed by atoms with Gasteiger partial charge >= 0.3 is 5.69 Å². The Morgan fingerprint density at radius 1 is 1.44 bits per heavy atom. The van der Waals surface area contributed by atoms with Gasteiger partial charge in [0.1, 0.15) is 0 Å². The molecule has 0 bridgehead atoms. The molecule has 0 atom stereocenters. The highest BCUT2D eigenvalue weighted by atomic mass is 35.5. The molecule has 102 valence electrons. The fraction of sp³-hybridized carbons (Fsp3) is 0.600. The van der Waals surface area contributed by atoms with Crippen molar-refractivity contribution < 1.29 is 9.13 Å². The van der Waals surface area contributed by atoms with Crippen molar-refractivity contribution in [3.63, 3.8) is 0 Å². The number of likely N-dealkylation sites (N-methyl/N-ethyl adjacent to an activating group) is 1. The molecule has 0 saturated heterocycles. The largest absolute Gasteiger partial charge is 0.383 e. The molecular weight excluding hydrogens is 265 g/mol. The van der Waals surface area contributed by atoms with E-state index in [9.17, 15) is 14.0 Å². The molecule has 0 aliphatic heterocycles. The van der Waals surface area contributed by atoms with E-state index in [1.807, 2.05) is 11.9 Å². The van der Waals surface area contributed by atoms with E-state index in [1.54, 1.807) is 7.11 Å². The first-order valence-electron chi connectivity index (χ1n) is 5.33. The van der Waals surface area contributed by atoms with Gasteiger partial charge < -0.3 is 9.64 Å². The number of aromatic amines is 1. The zero-order valence-electron chi connectivity index (χ0n) is 10.2. The highest BCUT2D eigenvalue weighted by Crippen LogP contribution is 2.02. The minimum absolute atomic E-state index is 0.0858. The number of hydrogen-bond donors (Lipinski definition) is 1. The summed E-state index contributed by atoms with van der Waals surface area (Å²) >= 11 is 5.35. The molecule has 1 heterocycles. The molecule has 1 rings (SSSR count). The van der Waals surface area contributed by atoms with Crippen LogP contribution < -0.4 is 11.2 Å². The van der Waals surface area contributed by atoms with Gasteiger partial charge in [-0.2, -0.15) is 4.39 Å². The van der Waals surface area contributed by atoms with Crippen molar-refractivity contribution >= 4 is 11.6 Å². The first-order chi connectivity index (χ1) is 8.47. The molecular formula is C10H15ClFN3O3. The lowest BCUT2D eigenvalue weighted by Gasteiger charge is -2.16. The zero-order chi connectivity index (χ0) is 13.7. The van der Waals surface area contributed by atoms with Crippen molar-refractivity contribution in [1.29, 1.82) is 0 Å². The molecule has 0 amide bonds. The molecule has 0 unspecified atom stereocenters. The third-order valence-corrected chi connectivity index (χ3v) is 2.73. The van der Waals surface area contributed by atoms with Crippen molar-refractivity contribution in [2.75, 3.05) is 33.9 Å². The molecule has 18 heavy (non-hydrogen) atoms. The predicted molar refractivity (Wildman–Crippen MR) is 65.7 cm³/mol. The number of rotatable bonds is 6. The van der Waals surface area contributed by atoms with E-state index in [2.05, 4.69) is 4.98 Å². The molecule has 0 radical (unpaired) electrons. The number of nitrogens with one attached hydrogen (secondary N) is 1. The molecule has 0 saturated carbocycles. The van der Waals surface area contributed by atoms with Crippen LogP contribution in [0.3, 0.4) is 0 Å². The van der Waals surface area contributed by atoms with E-state index < -0.39 is 22.2 Å². The first-order valence-corrected chi connectivity index (χ1v) is 5.70. The van der Waals surface area contributed by atoms with Gasteiger partial charge in [-0.1, -0.05) is 11.6 Å². The summed E-state index contributed by atoms with van der Waals surface area (Å²) in [5.41, 5.74) is -1.73. The quantitative estimate of drug-likeness (QED) is 0.739. The zero-order valence-corrected chi connectivity index (χ0v) is 11.0. The fourth-order valence-electron chi connectivity index (χ4n) is 1.35. The molecule has 0 fully saturated rings. The topological polar surface area (TPSA) is 67.3 Å². The van der Waals surface area contributed by atoms with Gasteiger partial charge in [0.2, 0.25) is 5.82 Å². The molecule has 8 heteroatoms. The van der Waals surface area contributed by atoms with Crippen LogP contribution in [0.4, 0.5) is 4.39 Å². The van der Waals surface area contributed by atoms with Crippen LogP contribution in [-0.4, -0.2) is 48.3 Å². The smallest absolute Gasteiger partial charge is 0.329 e. The Kier molecular flexibility index (Phi) is 5.52. The van der Waals surface area contributed by atoms with Gasteiger partial charge in [0, 0.05) is 26.7 Å². The van der Waals surface area contributed by atoms with E-state index in [-0.39, 0.29) is 6.54 Å². The Morgan fingerprint density at radius 3 is 2.72 bits per heavy atom. The van der Waals surface area contributed by atoms with Gasteiger partial charge in [-0.25, -0.2) is 4.79 Å². The Bertz CT molecular complexity index is 514. The number of H-pyrrole nitrogens is 1. The summed E-state index contributed by atoms with van der Waals surface area (Å²) in [5.74, 6) is -1.14. The molecule has 6 nitrogen and oxygen atoms in total. The van der Waals surface area contributed by atoms with Crippen molar-refractivity contribution in [1.82, 2.24) is 14.5 Å². The number of ether oxygens (including phenoxy) is 1. The Balaban J connectivity index is 2.77. The second-order valence-electron chi connectivity index (χ2n) is 3.81. The summed E-state index contributed by atoms with van der Waals surface area (Å²) < 4.78 is 18.9. The highest BCUT2D eigenvalue weighted by Gasteiger charge is 2.12. The minimum atomic E-state index is -1.14. The van der Waals surface area contributed by atoms with Crippen molar-refractivity contribution in [3.05, 3.63) is 31.8 Å². The standard InChI is InChI=1S/C10H15ClFN3O3/c1-14(5-6-18-2)3-4-15-9(16)7(12)8(11)13-10(15)17/h3-6H2,1-2H3,(H,13,17). The third kappa shape index (κ3) is 3.66. The van der Waals surface area contributed by atoms with Crippen molar-refractivity contribution in [2.45, 2.75) is 6.54 Å². The Hall–Kier alpha value is -1.18. The van der Waals surface area contributed by atoms with Crippen LogP contribution in [0.25, 0.3) is 0 Å². The van der Waals surface area contributed by atoms with Crippen LogP contribution in [0.5, 0.6) is 0 Å². The third-order valence-electron chi connectivity index (χ3n) is 2.47. The second kappa shape index (κ2) is 6.67. The maximum absolute atomic E-state index is 13.2. The number of aromatic nitrogens is 2. The van der Waals surface area contributed by atoms with Crippen molar-refractivity contribution in [2.24, 2.45) is 0 Å². The lowest BCUT2D eigenvalue weighted by atomic mass is 10.5. The van der Waals surface area contributed by atoms with Gasteiger partial charge in [0.25, 0.3) is 5.56 Å². The van der Waals surface area contributed by atoms with Gasteiger partial charge in [-0.05, 0) is 7.05 Å². The maximum Gasteiger partial charge on any atom is 0.329 e. The lowest BCUT2D eigenvalue weighted by molar-refractivity contribution is 0.159. The van der Waals surface area contributed by atoms with E-state index in [0.717, 1.165) is 4.57 Å². The summed E-state index contributed by atoms with van der Waals surface area (Å²) in [7, 11) is 3.39. The fourth-order valence-corrected chi connectivity index (χ4v) is 1.52. The molecule has 0 aliphatic carbocycles. The van der Waals surface area contributed by atoms with Crippen LogP contribution in [0.2, 0.25) is 5.15 Å². The Morgan fingerprint density at radius 2 is 2.11 bits per heavy atom. The van der Waals surface area contributed by atoms with E-state index in [0.29, 0.717) is 19.7 Å². The summed E-state index contributed by atoms with van der Waals surface area (Å²) in [4.78, 5) is 26.9.